The van der Waals surface area contributed by atoms with E-state index in [0.717, 1.165) is 22.3 Å². The predicted molar refractivity (Wildman–Crippen MR) is 123 cm³/mol. The number of amides is 1. The molecule has 3 aromatic rings. The predicted octanol–water partition coefficient (Wildman–Crippen LogP) is 4.92. The van der Waals surface area contributed by atoms with Gasteiger partial charge in [0.2, 0.25) is 5.91 Å². The van der Waals surface area contributed by atoms with E-state index in [0.29, 0.717) is 28.0 Å². The van der Waals surface area contributed by atoms with E-state index in [1.54, 1.807) is 18.3 Å². The van der Waals surface area contributed by atoms with Crippen LogP contribution < -0.4 is 5.32 Å². The number of carbonyl (C=O) groups is 2. The van der Waals surface area contributed by atoms with Gasteiger partial charge in [0.15, 0.2) is 5.78 Å². The minimum atomic E-state index is -0.587. The summed E-state index contributed by atoms with van der Waals surface area (Å²) in [5.74, 6) is 0.261. The van der Waals surface area contributed by atoms with Crippen molar-refractivity contribution in [2.75, 3.05) is 5.32 Å². The number of fused-ring (bicyclic) bond motifs is 1. The standard InChI is InChI=1S/C24H19Cl2N3O2/c1-14(30)28-23-9-7-17(13-27-23)24-19-12-18(25)8-6-15(19)11-22(31)21(29-24)10-16-4-2-3-5-20(16)26/h2-9,12-13,21H,10-11H2,1H3,(H,27,28,30). The van der Waals surface area contributed by atoms with Gasteiger partial charge in [0.25, 0.3) is 0 Å². The maximum absolute atomic E-state index is 13.1. The largest absolute Gasteiger partial charge is 0.311 e. The molecule has 1 aliphatic heterocycles. The van der Waals surface area contributed by atoms with Crippen LogP contribution in [0.2, 0.25) is 10.0 Å². The Bertz CT molecular complexity index is 1190. The van der Waals surface area contributed by atoms with Gasteiger partial charge in [-0.1, -0.05) is 47.5 Å². The lowest BCUT2D eigenvalue weighted by Crippen LogP contribution is -2.23. The zero-order valence-electron chi connectivity index (χ0n) is 16.7. The maximum Gasteiger partial charge on any atom is 0.222 e. The van der Waals surface area contributed by atoms with Crippen molar-refractivity contribution in [3.63, 3.8) is 0 Å². The Morgan fingerprint density at radius 3 is 2.65 bits per heavy atom. The van der Waals surface area contributed by atoms with Crippen LogP contribution in [0.25, 0.3) is 0 Å². The normalized spacial score (nSPS) is 15.6. The first kappa shape index (κ1) is 21.2. The number of benzene rings is 2. The van der Waals surface area contributed by atoms with E-state index >= 15 is 0 Å². The number of aromatic nitrogens is 1. The second-order valence-electron chi connectivity index (χ2n) is 7.35. The van der Waals surface area contributed by atoms with Crippen LogP contribution in [0, 0.1) is 0 Å². The molecule has 0 bridgehead atoms. The first-order valence-electron chi connectivity index (χ1n) is 9.77. The summed E-state index contributed by atoms with van der Waals surface area (Å²) in [6.07, 6.45) is 2.30. The van der Waals surface area contributed by atoms with E-state index < -0.39 is 6.04 Å². The third-order valence-electron chi connectivity index (χ3n) is 5.06. The van der Waals surface area contributed by atoms with Crippen LogP contribution in [0.4, 0.5) is 5.82 Å². The lowest BCUT2D eigenvalue weighted by atomic mass is 9.95. The number of halogens is 2. The average molecular weight is 452 g/mol. The summed E-state index contributed by atoms with van der Waals surface area (Å²) >= 11 is 12.6. The lowest BCUT2D eigenvalue weighted by molar-refractivity contribution is -0.119. The summed E-state index contributed by atoms with van der Waals surface area (Å²) < 4.78 is 0. The first-order valence-corrected chi connectivity index (χ1v) is 10.5. The minimum Gasteiger partial charge on any atom is -0.311 e. The number of aliphatic imine (C=N–C) groups is 1. The van der Waals surface area contributed by atoms with Crippen LogP contribution in [0.5, 0.6) is 0 Å². The van der Waals surface area contributed by atoms with Crippen LogP contribution >= 0.6 is 23.2 Å². The Morgan fingerprint density at radius 1 is 1.13 bits per heavy atom. The topological polar surface area (TPSA) is 71.4 Å². The number of anilines is 1. The van der Waals surface area contributed by atoms with Crippen molar-refractivity contribution in [1.82, 2.24) is 4.98 Å². The molecule has 0 radical (unpaired) electrons. The highest BCUT2D eigenvalue weighted by molar-refractivity contribution is 6.32. The molecule has 1 aromatic heterocycles. The third kappa shape index (κ3) is 4.84. The van der Waals surface area contributed by atoms with Gasteiger partial charge in [0.05, 0.1) is 5.71 Å². The van der Waals surface area contributed by atoms with E-state index in [4.69, 9.17) is 28.2 Å². The molecule has 2 heterocycles. The maximum atomic E-state index is 13.1. The van der Waals surface area contributed by atoms with E-state index in [9.17, 15) is 9.59 Å². The number of nitrogens with zero attached hydrogens (tertiary/aromatic N) is 2. The highest BCUT2D eigenvalue weighted by atomic mass is 35.5. The lowest BCUT2D eigenvalue weighted by Gasteiger charge is -2.13. The molecule has 1 unspecified atom stereocenters. The quantitative estimate of drug-likeness (QED) is 0.611. The van der Waals surface area contributed by atoms with Crippen LogP contribution in [-0.4, -0.2) is 28.4 Å². The molecule has 1 atom stereocenters. The molecule has 7 heteroatoms. The van der Waals surface area contributed by atoms with Gasteiger partial charge in [-0.25, -0.2) is 4.98 Å². The number of hydrogen-bond acceptors (Lipinski definition) is 4. The third-order valence-corrected chi connectivity index (χ3v) is 5.66. The zero-order valence-corrected chi connectivity index (χ0v) is 18.2. The van der Waals surface area contributed by atoms with E-state index in [1.165, 1.54) is 6.92 Å². The molecule has 1 amide bonds. The Kier molecular flexibility index (Phi) is 6.16. The van der Waals surface area contributed by atoms with Crippen molar-refractivity contribution in [3.05, 3.63) is 93.1 Å². The van der Waals surface area contributed by atoms with Crippen molar-refractivity contribution < 1.29 is 9.59 Å². The van der Waals surface area contributed by atoms with Crippen molar-refractivity contribution in [1.29, 1.82) is 0 Å². The molecule has 1 N–H and O–H groups in total. The van der Waals surface area contributed by atoms with E-state index in [2.05, 4.69) is 10.3 Å². The van der Waals surface area contributed by atoms with Crippen LogP contribution in [0.1, 0.15) is 29.2 Å². The van der Waals surface area contributed by atoms with Gasteiger partial charge in [-0.2, -0.15) is 0 Å². The molecular formula is C24H19Cl2N3O2. The van der Waals surface area contributed by atoms with Crippen LogP contribution in [0.3, 0.4) is 0 Å². The van der Waals surface area contributed by atoms with Gasteiger partial charge in [0.1, 0.15) is 11.9 Å². The molecule has 0 saturated heterocycles. The Labute approximate surface area is 190 Å². The van der Waals surface area contributed by atoms with Crippen LogP contribution in [0.15, 0.2) is 65.8 Å². The summed E-state index contributed by atoms with van der Waals surface area (Å²) in [5, 5.41) is 3.82. The molecule has 0 saturated carbocycles. The highest BCUT2D eigenvalue weighted by Crippen LogP contribution is 2.27. The van der Waals surface area contributed by atoms with Crippen LogP contribution in [-0.2, 0) is 22.4 Å². The van der Waals surface area contributed by atoms with Gasteiger partial charge >= 0.3 is 0 Å². The summed E-state index contributed by atoms with van der Waals surface area (Å²) in [5.41, 5.74) is 3.91. The van der Waals surface area contributed by atoms with E-state index in [1.807, 2.05) is 42.5 Å². The summed E-state index contributed by atoms with van der Waals surface area (Å²) in [7, 11) is 0. The SMILES string of the molecule is CC(=O)Nc1ccc(C2=NC(Cc3ccccc3Cl)C(=O)Cc3ccc(Cl)cc32)cn1. The van der Waals surface area contributed by atoms with Crippen molar-refractivity contribution in [2.24, 2.45) is 4.99 Å². The molecular weight excluding hydrogens is 433 g/mol. The molecule has 1 aliphatic rings. The second kappa shape index (κ2) is 9.00. The fraction of sp³-hybridized carbons (Fsp3) is 0.167. The summed E-state index contributed by atoms with van der Waals surface area (Å²) in [6.45, 7) is 1.42. The van der Waals surface area contributed by atoms with Gasteiger partial charge in [-0.05, 0) is 41.5 Å². The van der Waals surface area contributed by atoms with Crippen molar-refractivity contribution in [3.8, 4) is 0 Å². The molecule has 0 aliphatic carbocycles. The van der Waals surface area contributed by atoms with Gasteiger partial charge < -0.3 is 5.32 Å². The monoisotopic (exact) mass is 451 g/mol. The average Bonchev–Trinajstić information content (AvgIpc) is 2.86. The molecule has 4 rings (SSSR count). The molecule has 0 spiro atoms. The van der Waals surface area contributed by atoms with Crippen molar-refractivity contribution in [2.45, 2.75) is 25.8 Å². The molecule has 2 aromatic carbocycles. The van der Waals surface area contributed by atoms with Gasteiger partial charge in [0, 0.05) is 47.1 Å². The molecule has 0 fully saturated rings. The molecule has 31 heavy (non-hydrogen) atoms. The van der Waals surface area contributed by atoms with E-state index in [-0.39, 0.29) is 18.1 Å². The number of rotatable bonds is 4. The first-order chi connectivity index (χ1) is 14.9. The number of carbonyl (C=O) groups excluding carboxylic acids is 2. The molecule has 5 nitrogen and oxygen atoms in total. The Morgan fingerprint density at radius 2 is 1.94 bits per heavy atom. The fourth-order valence-electron chi connectivity index (χ4n) is 3.58. The Balaban J connectivity index is 1.79. The number of nitrogens with one attached hydrogen (secondary N) is 1. The number of Topliss-reactive ketones (excluding diaryl/α,β-unsaturated/α-hetero) is 1. The number of pyridine rings is 1. The number of hydrogen-bond donors (Lipinski definition) is 1. The fourth-order valence-corrected chi connectivity index (χ4v) is 3.96. The Hall–Kier alpha value is -3.02. The summed E-state index contributed by atoms with van der Waals surface area (Å²) in [6, 6.07) is 15.9. The number of ketones is 1. The minimum absolute atomic E-state index is 0.0151. The zero-order chi connectivity index (χ0) is 22.0. The second-order valence-corrected chi connectivity index (χ2v) is 8.19. The van der Waals surface area contributed by atoms with Gasteiger partial charge in [-0.15, -0.1) is 0 Å². The smallest absolute Gasteiger partial charge is 0.222 e. The highest BCUT2D eigenvalue weighted by Gasteiger charge is 2.27. The van der Waals surface area contributed by atoms with Gasteiger partial charge in [-0.3, -0.25) is 14.6 Å². The summed E-state index contributed by atoms with van der Waals surface area (Å²) in [4.78, 5) is 33.5. The van der Waals surface area contributed by atoms with Crippen molar-refractivity contribution >= 4 is 46.4 Å². The molecule has 156 valence electrons.